The second-order valence-electron chi connectivity index (χ2n) is 8.80. The van der Waals surface area contributed by atoms with Gasteiger partial charge >= 0.3 is 0 Å². The number of hydrogen-bond acceptors (Lipinski definition) is 7. The zero-order chi connectivity index (χ0) is 24.5. The van der Waals surface area contributed by atoms with Gasteiger partial charge in [-0.3, -0.25) is 9.69 Å². The van der Waals surface area contributed by atoms with Gasteiger partial charge in [-0.1, -0.05) is 35.4 Å². The van der Waals surface area contributed by atoms with Gasteiger partial charge < -0.3 is 4.90 Å². The van der Waals surface area contributed by atoms with Crippen LogP contribution in [0.25, 0.3) is 10.2 Å². The molecule has 3 aromatic rings. The van der Waals surface area contributed by atoms with Crippen molar-refractivity contribution < 1.29 is 13.2 Å². The molecule has 0 aliphatic carbocycles. The van der Waals surface area contributed by atoms with E-state index in [0.29, 0.717) is 29.0 Å². The van der Waals surface area contributed by atoms with E-state index in [1.165, 1.54) is 21.7 Å². The van der Waals surface area contributed by atoms with Crippen LogP contribution in [0.4, 0.5) is 5.13 Å². The summed E-state index contributed by atoms with van der Waals surface area (Å²) in [6.07, 6.45) is 2.78. The largest absolute Gasteiger partial charge is 0.309 e. The van der Waals surface area contributed by atoms with Gasteiger partial charge in [0.05, 0.1) is 14.6 Å². The highest BCUT2D eigenvalue weighted by atomic mass is 35.5. The van der Waals surface area contributed by atoms with Crippen LogP contribution in [-0.2, 0) is 14.8 Å². The van der Waals surface area contributed by atoms with E-state index in [1.807, 2.05) is 33.2 Å². The molecule has 184 valence electrons. The molecule has 1 fully saturated rings. The maximum absolute atomic E-state index is 14.0. The van der Waals surface area contributed by atoms with Crippen molar-refractivity contribution in [3.63, 3.8) is 0 Å². The Morgan fingerprint density at radius 2 is 1.97 bits per heavy atom. The van der Waals surface area contributed by atoms with Crippen LogP contribution < -0.4 is 4.90 Å². The number of hydrogen-bond donors (Lipinski definition) is 0. The lowest BCUT2D eigenvalue weighted by Gasteiger charge is -2.36. The van der Waals surface area contributed by atoms with Crippen molar-refractivity contribution in [2.75, 3.05) is 38.6 Å². The van der Waals surface area contributed by atoms with E-state index in [9.17, 15) is 13.2 Å². The summed E-state index contributed by atoms with van der Waals surface area (Å²) in [6, 6.07) is 8.38. The summed E-state index contributed by atoms with van der Waals surface area (Å²) in [6.45, 7) is 3.64. The van der Waals surface area contributed by atoms with Crippen molar-refractivity contribution in [1.29, 1.82) is 0 Å². The molecule has 1 aliphatic rings. The van der Waals surface area contributed by atoms with E-state index < -0.39 is 16.1 Å². The molecule has 1 amide bonds. The van der Waals surface area contributed by atoms with Crippen LogP contribution in [0.5, 0.6) is 0 Å². The fraction of sp³-hybridized carbons (Fsp3) is 0.478. The molecule has 0 radical (unpaired) electrons. The summed E-state index contributed by atoms with van der Waals surface area (Å²) in [5, 5.41) is 0.617. The minimum absolute atomic E-state index is 0.173. The summed E-state index contributed by atoms with van der Waals surface area (Å²) >= 11 is 8.52. The topological polar surface area (TPSA) is 73.8 Å². The van der Waals surface area contributed by atoms with E-state index in [4.69, 9.17) is 16.6 Å². The molecule has 11 heteroatoms. The number of nitrogens with zero attached hydrogens (tertiary/aromatic N) is 4. The second kappa shape index (κ2) is 10.6. The molecule has 1 saturated heterocycles. The quantitative estimate of drug-likeness (QED) is 0.408. The Kier molecular flexibility index (Phi) is 7.95. The normalized spacial score (nSPS) is 17.5. The van der Waals surface area contributed by atoms with Crippen molar-refractivity contribution in [2.45, 2.75) is 42.9 Å². The summed E-state index contributed by atoms with van der Waals surface area (Å²) in [5.74, 6) is -0.208. The average Bonchev–Trinajstić information content (AvgIpc) is 3.42. The number of carbonyl (C=O) groups excluding carboxylic acids is 1. The maximum atomic E-state index is 14.0. The molecule has 3 heterocycles. The monoisotopic (exact) mass is 540 g/mol. The van der Waals surface area contributed by atoms with Crippen LogP contribution in [0.15, 0.2) is 34.5 Å². The number of rotatable bonds is 8. The maximum Gasteiger partial charge on any atom is 0.253 e. The van der Waals surface area contributed by atoms with Crippen LogP contribution >= 0.6 is 34.3 Å². The number of fused-ring (bicyclic) bond motifs is 1. The van der Waals surface area contributed by atoms with Crippen molar-refractivity contribution in [1.82, 2.24) is 14.2 Å². The summed E-state index contributed by atoms with van der Waals surface area (Å²) in [4.78, 5) is 22.5. The van der Waals surface area contributed by atoms with Gasteiger partial charge in [-0.25, -0.2) is 13.4 Å². The first-order valence-electron chi connectivity index (χ1n) is 11.3. The summed E-state index contributed by atoms with van der Waals surface area (Å²) < 4.78 is 29.9. The molecular weight excluding hydrogens is 512 g/mol. The van der Waals surface area contributed by atoms with Gasteiger partial charge in [0.15, 0.2) is 5.13 Å². The van der Waals surface area contributed by atoms with E-state index in [1.54, 1.807) is 11.0 Å². The number of amides is 1. The average molecular weight is 541 g/mol. The predicted octanol–water partition coefficient (Wildman–Crippen LogP) is 4.85. The summed E-state index contributed by atoms with van der Waals surface area (Å²) in [5.41, 5.74) is 1.98. The smallest absolute Gasteiger partial charge is 0.253 e. The fourth-order valence-electron chi connectivity index (χ4n) is 4.15. The summed E-state index contributed by atoms with van der Waals surface area (Å²) in [7, 11) is 0.168. The number of benzene rings is 1. The molecule has 0 saturated carbocycles. The molecule has 2 aromatic heterocycles. The predicted molar refractivity (Wildman–Crippen MR) is 141 cm³/mol. The third-order valence-electron chi connectivity index (χ3n) is 5.87. The molecule has 1 unspecified atom stereocenters. The molecule has 0 spiro atoms. The SMILES string of the molecule is Cc1ccc2nc(N(CCCN(C)C)C(=O)C3CCCCN3S(=O)(=O)c3ccc(Cl)s3)sc2c1. The Balaban J connectivity index is 1.68. The number of carbonyl (C=O) groups is 1. The van der Waals surface area contributed by atoms with Gasteiger partial charge in [0.2, 0.25) is 5.91 Å². The first-order chi connectivity index (χ1) is 16.2. The highest BCUT2D eigenvalue weighted by molar-refractivity contribution is 7.91. The van der Waals surface area contributed by atoms with Crippen LogP contribution in [-0.4, -0.2) is 68.3 Å². The van der Waals surface area contributed by atoms with E-state index >= 15 is 0 Å². The standard InChI is InChI=1S/C23H29ClN4O3S3/c1-16-8-9-17-19(15-16)32-23(25-17)27(13-6-12-26(2)3)22(29)18-7-4-5-14-28(18)34(30,31)21-11-10-20(24)33-21/h8-11,15,18H,4-7,12-14H2,1-3H3. The number of halogens is 1. The first-order valence-corrected chi connectivity index (χ1v) is 14.7. The molecule has 0 N–H and O–H groups in total. The van der Waals surface area contributed by atoms with E-state index in [2.05, 4.69) is 11.0 Å². The molecule has 1 atom stereocenters. The van der Waals surface area contributed by atoms with Crippen LogP contribution in [0.3, 0.4) is 0 Å². The highest BCUT2D eigenvalue weighted by Crippen LogP contribution is 2.34. The van der Waals surface area contributed by atoms with Crippen molar-refractivity contribution in [3.05, 3.63) is 40.2 Å². The lowest BCUT2D eigenvalue weighted by molar-refractivity contribution is -0.123. The molecule has 4 rings (SSSR count). The number of aromatic nitrogens is 1. The number of piperidine rings is 1. The Hall–Kier alpha value is -1.56. The lowest BCUT2D eigenvalue weighted by Crippen LogP contribution is -2.53. The number of anilines is 1. The zero-order valence-corrected chi connectivity index (χ0v) is 22.7. The Morgan fingerprint density at radius 3 is 2.68 bits per heavy atom. The fourth-order valence-corrected chi connectivity index (χ4v) is 8.51. The van der Waals surface area contributed by atoms with Crippen molar-refractivity contribution in [3.8, 4) is 0 Å². The Bertz CT molecular complexity index is 1270. The van der Waals surface area contributed by atoms with Gasteiger partial charge in [0.1, 0.15) is 10.3 Å². The Morgan fingerprint density at radius 1 is 1.18 bits per heavy atom. The molecule has 1 aromatic carbocycles. The molecular formula is C23H29ClN4O3S3. The van der Waals surface area contributed by atoms with E-state index in [-0.39, 0.29) is 10.1 Å². The first kappa shape index (κ1) is 25.5. The van der Waals surface area contributed by atoms with Crippen LogP contribution in [0, 0.1) is 6.92 Å². The minimum Gasteiger partial charge on any atom is -0.309 e. The van der Waals surface area contributed by atoms with Gasteiger partial charge in [-0.2, -0.15) is 4.31 Å². The number of sulfonamides is 1. The molecule has 34 heavy (non-hydrogen) atoms. The third kappa shape index (κ3) is 5.47. The van der Waals surface area contributed by atoms with Crippen LogP contribution in [0.2, 0.25) is 4.34 Å². The van der Waals surface area contributed by atoms with Gasteiger partial charge in [0, 0.05) is 13.1 Å². The highest BCUT2D eigenvalue weighted by Gasteiger charge is 2.40. The Labute approximate surface area is 214 Å². The lowest BCUT2D eigenvalue weighted by atomic mass is 10.0. The van der Waals surface area contributed by atoms with Crippen molar-refractivity contribution >= 4 is 65.6 Å². The van der Waals surface area contributed by atoms with Gasteiger partial charge in [0.25, 0.3) is 10.0 Å². The number of aryl methyl sites for hydroxylation is 1. The van der Waals surface area contributed by atoms with E-state index in [0.717, 1.165) is 52.9 Å². The second-order valence-corrected chi connectivity index (χ2v) is 13.6. The van der Waals surface area contributed by atoms with Crippen LogP contribution in [0.1, 0.15) is 31.2 Å². The molecule has 0 bridgehead atoms. The molecule has 7 nitrogen and oxygen atoms in total. The third-order valence-corrected chi connectivity index (χ3v) is 10.5. The number of thiazole rings is 1. The molecule has 1 aliphatic heterocycles. The van der Waals surface area contributed by atoms with Gasteiger partial charge in [-0.05, 0) is 76.7 Å². The van der Waals surface area contributed by atoms with Crippen molar-refractivity contribution in [2.24, 2.45) is 0 Å². The number of thiophene rings is 1. The minimum atomic E-state index is -3.82. The van der Waals surface area contributed by atoms with Gasteiger partial charge in [-0.15, -0.1) is 11.3 Å². The zero-order valence-electron chi connectivity index (χ0n) is 19.5.